The highest BCUT2D eigenvalue weighted by molar-refractivity contribution is 4.79. The Labute approximate surface area is 75.6 Å². The summed E-state index contributed by atoms with van der Waals surface area (Å²) in [6, 6.07) is 0. The first-order valence-corrected chi connectivity index (χ1v) is 4.96. The van der Waals surface area contributed by atoms with Crippen LogP contribution in [0.3, 0.4) is 0 Å². The first kappa shape index (κ1) is 10.0. The average Bonchev–Trinajstić information content (AvgIpc) is 2.34. The van der Waals surface area contributed by atoms with Gasteiger partial charge in [0, 0.05) is 6.54 Å². The van der Waals surface area contributed by atoms with Crippen LogP contribution in [-0.4, -0.2) is 36.2 Å². The number of hydrogen-bond acceptors (Lipinski definition) is 2. The third kappa shape index (κ3) is 2.76. The van der Waals surface area contributed by atoms with Crippen molar-refractivity contribution in [2.45, 2.75) is 32.8 Å². The lowest BCUT2D eigenvalue weighted by atomic mass is 9.94. The maximum Gasteiger partial charge on any atom is 0.0583 e. The zero-order valence-corrected chi connectivity index (χ0v) is 8.45. The second-order valence-electron chi connectivity index (χ2n) is 4.51. The van der Waals surface area contributed by atoms with Gasteiger partial charge in [-0.2, -0.15) is 0 Å². The van der Waals surface area contributed by atoms with Gasteiger partial charge in [-0.1, -0.05) is 13.8 Å². The maximum atomic E-state index is 9.81. The van der Waals surface area contributed by atoms with Crippen molar-refractivity contribution >= 4 is 0 Å². The summed E-state index contributed by atoms with van der Waals surface area (Å²) >= 11 is 0. The van der Waals surface area contributed by atoms with Gasteiger partial charge < -0.3 is 10.0 Å². The minimum absolute atomic E-state index is 0.0741. The van der Waals surface area contributed by atoms with E-state index in [0.717, 1.165) is 19.5 Å². The van der Waals surface area contributed by atoms with Gasteiger partial charge in [0.15, 0.2) is 0 Å². The Hall–Kier alpha value is -0.0800. The Bertz CT molecular complexity index is 136. The fourth-order valence-corrected chi connectivity index (χ4v) is 1.96. The summed E-state index contributed by atoms with van der Waals surface area (Å²) in [6.45, 7) is 6.57. The number of likely N-dealkylation sites (tertiary alicyclic amines) is 1. The molecule has 0 spiro atoms. The number of aliphatic hydroxyl groups is 1. The van der Waals surface area contributed by atoms with Crippen LogP contribution < -0.4 is 0 Å². The van der Waals surface area contributed by atoms with Crippen molar-refractivity contribution in [3.63, 3.8) is 0 Å². The predicted octanol–water partition coefficient (Wildman–Crippen LogP) is 1.35. The van der Waals surface area contributed by atoms with Crippen LogP contribution in [-0.2, 0) is 0 Å². The van der Waals surface area contributed by atoms with E-state index in [4.69, 9.17) is 0 Å². The van der Waals surface area contributed by atoms with Crippen molar-refractivity contribution < 1.29 is 5.11 Å². The SMILES string of the molecule is CC(C)CC(O)C1CCN(C)C1. The molecule has 72 valence electrons. The van der Waals surface area contributed by atoms with Gasteiger partial charge in [-0.3, -0.25) is 0 Å². The molecular formula is C10H21NO. The summed E-state index contributed by atoms with van der Waals surface area (Å²) in [4.78, 5) is 2.30. The molecule has 12 heavy (non-hydrogen) atoms. The molecule has 2 nitrogen and oxygen atoms in total. The van der Waals surface area contributed by atoms with Gasteiger partial charge >= 0.3 is 0 Å². The largest absolute Gasteiger partial charge is 0.393 e. The van der Waals surface area contributed by atoms with Gasteiger partial charge in [0.05, 0.1) is 6.10 Å². The number of rotatable bonds is 3. The Balaban J connectivity index is 2.28. The topological polar surface area (TPSA) is 23.5 Å². The lowest BCUT2D eigenvalue weighted by Gasteiger charge is -2.19. The van der Waals surface area contributed by atoms with Crippen molar-refractivity contribution in [1.82, 2.24) is 4.90 Å². The standard InChI is InChI=1S/C10H21NO/c1-8(2)6-10(12)9-4-5-11(3)7-9/h8-10,12H,4-7H2,1-3H3. The second kappa shape index (κ2) is 4.24. The van der Waals surface area contributed by atoms with Crippen LogP contribution in [0.15, 0.2) is 0 Å². The van der Waals surface area contributed by atoms with E-state index in [-0.39, 0.29) is 6.10 Å². The van der Waals surface area contributed by atoms with Gasteiger partial charge in [0.25, 0.3) is 0 Å². The molecule has 0 aliphatic carbocycles. The van der Waals surface area contributed by atoms with Crippen LogP contribution in [0.25, 0.3) is 0 Å². The second-order valence-corrected chi connectivity index (χ2v) is 4.51. The van der Waals surface area contributed by atoms with Gasteiger partial charge in [-0.15, -0.1) is 0 Å². The third-order valence-corrected chi connectivity index (χ3v) is 2.68. The van der Waals surface area contributed by atoms with E-state index in [2.05, 4.69) is 25.8 Å². The molecule has 1 rings (SSSR count). The van der Waals surface area contributed by atoms with Gasteiger partial charge in [-0.05, 0) is 38.3 Å². The van der Waals surface area contributed by atoms with E-state index in [1.807, 2.05) is 0 Å². The molecular weight excluding hydrogens is 150 g/mol. The van der Waals surface area contributed by atoms with Crippen molar-refractivity contribution in [1.29, 1.82) is 0 Å². The molecule has 1 N–H and O–H groups in total. The highest BCUT2D eigenvalue weighted by Crippen LogP contribution is 2.22. The van der Waals surface area contributed by atoms with Crippen LogP contribution in [0.5, 0.6) is 0 Å². The van der Waals surface area contributed by atoms with E-state index in [9.17, 15) is 5.11 Å². The fourth-order valence-electron chi connectivity index (χ4n) is 1.96. The van der Waals surface area contributed by atoms with E-state index >= 15 is 0 Å². The van der Waals surface area contributed by atoms with Crippen LogP contribution in [0.2, 0.25) is 0 Å². The highest BCUT2D eigenvalue weighted by Gasteiger charge is 2.26. The van der Waals surface area contributed by atoms with Crippen LogP contribution in [0.1, 0.15) is 26.7 Å². The Kier molecular flexibility index (Phi) is 3.53. The maximum absolute atomic E-state index is 9.81. The molecule has 0 aromatic heterocycles. The summed E-state index contributed by atoms with van der Waals surface area (Å²) < 4.78 is 0. The normalized spacial score (nSPS) is 28.2. The van der Waals surface area contributed by atoms with Gasteiger partial charge in [0.1, 0.15) is 0 Å². The molecule has 0 bridgehead atoms. The van der Waals surface area contributed by atoms with E-state index in [1.54, 1.807) is 0 Å². The van der Waals surface area contributed by atoms with Gasteiger partial charge in [0.2, 0.25) is 0 Å². The smallest absolute Gasteiger partial charge is 0.0583 e. The molecule has 0 radical (unpaired) electrons. The highest BCUT2D eigenvalue weighted by atomic mass is 16.3. The lowest BCUT2D eigenvalue weighted by Crippen LogP contribution is -2.25. The average molecular weight is 171 g/mol. The molecule has 2 heteroatoms. The molecule has 1 aliphatic rings. The van der Waals surface area contributed by atoms with Crippen molar-refractivity contribution in [3.8, 4) is 0 Å². The Morgan fingerprint density at radius 3 is 2.58 bits per heavy atom. The molecule has 0 aromatic rings. The van der Waals surface area contributed by atoms with Crippen molar-refractivity contribution in [3.05, 3.63) is 0 Å². The lowest BCUT2D eigenvalue weighted by molar-refractivity contribution is 0.0907. The first-order chi connectivity index (χ1) is 5.59. The molecule has 1 heterocycles. The Morgan fingerprint density at radius 1 is 1.50 bits per heavy atom. The summed E-state index contributed by atoms with van der Waals surface area (Å²) in [6.07, 6.45) is 2.05. The van der Waals surface area contributed by atoms with Crippen LogP contribution >= 0.6 is 0 Å². The summed E-state index contributed by atoms with van der Waals surface area (Å²) in [7, 11) is 2.13. The minimum Gasteiger partial charge on any atom is -0.393 e. The molecule has 1 aliphatic heterocycles. The third-order valence-electron chi connectivity index (χ3n) is 2.68. The Morgan fingerprint density at radius 2 is 2.17 bits per heavy atom. The molecule has 2 atom stereocenters. The summed E-state index contributed by atoms with van der Waals surface area (Å²) in [5, 5.41) is 9.81. The minimum atomic E-state index is -0.0741. The number of aliphatic hydroxyl groups excluding tert-OH is 1. The monoisotopic (exact) mass is 171 g/mol. The quantitative estimate of drug-likeness (QED) is 0.693. The molecule has 0 saturated carbocycles. The van der Waals surface area contributed by atoms with Gasteiger partial charge in [-0.25, -0.2) is 0 Å². The molecule has 2 unspecified atom stereocenters. The first-order valence-electron chi connectivity index (χ1n) is 4.96. The molecule has 1 saturated heterocycles. The summed E-state index contributed by atoms with van der Waals surface area (Å²) in [5.74, 6) is 1.14. The zero-order valence-electron chi connectivity index (χ0n) is 8.45. The predicted molar refractivity (Wildman–Crippen MR) is 51.1 cm³/mol. The molecule has 1 fully saturated rings. The fraction of sp³-hybridized carbons (Fsp3) is 1.00. The number of hydrogen-bond donors (Lipinski definition) is 1. The van der Waals surface area contributed by atoms with Crippen molar-refractivity contribution in [2.24, 2.45) is 11.8 Å². The van der Waals surface area contributed by atoms with E-state index < -0.39 is 0 Å². The zero-order chi connectivity index (χ0) is 9.14. The molecule has 0 aromatic carbocycles. The molecule has 0 amide bonds. The van der Waals surface area contributed by atoms with Crippen molar-refractivity contribution in [2.75, 3.05) is 20.1 Å². The van der Waals surface area contributed by atoms with E-state index in [0.29, 0.717) is 11.8 Å². The van der Waals surface area contributed by atoms with Crippen LogP contribution in [0.4, 0.5) is 0 Å². The van der Waals surface area contributed by atoms with Crippen LogP contribution in [0, 0.1) is 11.8 Å². The number of nitrogens with zero attached hydrogens (tertiary/aromatic N) is 1. The van der Waals surface area contributed by atoms with E-state index in [1.165, 1.54) is 6.42 Å². The summed E-state index contributed by atoms with van der Waals surface area (Å²) in [5.41, 5.74) is 0.